The highest BCUT2D eigenvalue weighted by molar-refractivity contribution is 5.74. The highest BCUT2D eigenvalue weighted by atomic mass is 16.5. The molecule has 0 spiro atoms. The molecule has 0 bridgehead atoms. The summed E-state index contributed by atoms with van der Waals surface area (Å²) >= 11 is 0. The number of hydrogen-bond donors (Lipinski definition) is 1. The van der Waals surface area contributed by atoms with Gasteiger partial charge in [0, 0.05) is 6.61 Å². The molecule has 0 amide bonds. The zero-order chi connectivity index (χ0) is 11.2. The van der Waals surface area contributed by atoms with Crippen LogP contribution in [0.5, 0.6) is 0 Å². The number of aliphatic carboxylic acids is 1. The lowest BCUT2D eigenvalue weighted by atomic mass is 9.79. The molecule has 0 unspecified atom stereocenters. The highest BCUT2D eigenvalue weighted by Gasteiger charge is 2.34. The van der Waals surface area contributed by atoms with Gasteiger partial charge in [0.1, 0.15) is 0 Å². The number of carboxylic acid groups (broad SMARTS) is 1. The average Bonchev–Trinajstić information content (AvgIpc) is 2.12. The van der Waals surface area contributed by atoms with Gasteiger partial charge in [-0.05, 0) is 33.1 Å². The van der Waals surface area contributed by atoms with Crippen LogP contribution in [0.3, 0.4) is 0 Å². The van der Waals surface area contributed by atoms with E-state index in [1.807, 2.05) is 27.7 Å². The van der Waals surface area contributed by atoms with Crippen LogP contribution in [0.4, 0.5) is 0 Å². The molecule has 14 heavy (non-hydrogen) atoms. The van der Waals surface area contributed by atoms with Crippen molar-refractivity contribution in [1.29, 1.82) is 0 Å². The van der Waals surface area contributed by atoms with Crippen molar-refractivity contribution < 1.29 is 14.6 Å². The standard InChI is InChI=1S/C11H22O3/c1-5-11(6-2,10(12)13)7-8-14-9(3)4/h9H,5-8H2,1-4H3,(H,12,13). The second kappa shape index (κ2) is 6.02. The van der Waals surface area contributed by atoms with Gasteiger partial charge in [-0.1, -0.05) is 13.8 Å². The van der Waals surface area contributed by atoms with Crippen LogP contribution >= 0.6 is 0 Å². The molecule has 0 atom stereocenters. The van der Waals surface area contributed by atoms with E-state index in [0.29, 0.717) is 25.9 Å². The Hall–Kier alpha value is -0.570. The minimum atomic E-state index is -0.699. The van der Waals surface area contributed by atoms with Gasteiger partial charge < -0.3 is 9.84 Å². The second-order valence-corrected chi connectivity index (χ2v) is 3.96. The third-order valence-corrected chi connectivity index (χ3v) is 2.84. The average molecular weight is 202 g/mol. The van der Waals surface area contributed by atoms with E-state index in [1.54, 1.807) is 0 Å². The Bertz CT molecular complexity index is 171. The van der Waals surface area contributed by atoms with E-state index in [9.17, 15) is 4.79 Å². The van der Waals surface area contributed by atoms with Crippen LogP contribution in [0.2, 0.25) is 0 Å². The van der Waals surface area contributed by atoms with Crippen molar-refractivity contribution in [2.45, 2.75) is 53.1 Å². The van der Waals surface area contributed by atoms with E-state index >= 15 is 0 Å². The zero-order valence-electron chi connectivity index (χ0n) is 9.67. The molecule has 84 valence electrons. The normalized spacial score (nSPS) is 12.1. The molecular formula is C11H22O3. The van der Waals surface area contributed by atoms with Crippen LogP contribution < -0.4 is 0 Å². The van der Waals surface area contributed by atoms with Crippen LogP contribution in [0.1, 0.15) is 47.0 Å². The van der Waals surface area contributed by atoms with Crippen molar-refractivity contribution in [3.05, 3.63) is 0 Å². The molecule has 0 heterocycles. The van der Waals surface area contributed by atoms with Crippen molar-refractivity contribution in [3.63, 3.8) is 0 Å². The number of ether oxygens (including phenoxy) is 1. The Labute approximate surface area is 86.5 Å². The van der Waals surface area contributed by atoms with Crippen molar-refractivity contribution in [3.8, 4) is 0 Å². The molecule has 0 aromatic heterocycles. The molecule has 0 aromatic rings. The predicted octanol–water partition coefficient (Wildman–Crippen LogP) is 2.69. The summed E-state index contributed by atoms with van der Waals surface area (Å²) in [6, 6.07) is 0. The predicted molar refractivity (Wildman–Crippen MR) is 56.4 cm³/mol. The van der Waals surface area contributed by atoms with Gasteiger partial charge in [0.25, 0.3) is 0 Å². The van der Waals surface area contributed by atoms with Crippen molar-refractivity contribution in [1.82, 2.24) is 0 Å². The molecule has 0 aliphatic heterocycles. The molecule has 0 aliphatic carbocycles. The number of carboxylic acids is 1. The maximum absolute atomic E-state index is 11.1. The lowest BCUT2D eigenvalue weighted by molar-refractivity contribution is -0.151. The Morgan fingerprint density at radius 1 is 1.36 bits per heavy atom. The number of carbonyl (C=O) groups is 1. The summed E-state index contributed by atoms with van der Waals surface area (Å²) in [5, 5.41) is 9.13. The van der Waals surface area contributed by atoms with Gasteiger partial charge in [0.2, 0.25) is 0 Å². The summed E-state index contributed by atoms with van der Waals surface area (Å²) in [4.78, 5) is 11.1. The number of hydrogen-bond acceptors (Lipinski definition) is 2. The van der Waals surface area contributed by atoms with Gasteiger partial charge >= 0.3 is 5.97 Å². The van der Waals surface area contributed by atoms with Gasteiger partial charge in [0.05, 0.1) is 11.5 Å². The first kappa shape index (κ1) is 13.4. The third kappa shape index (κ3) is 3.66. The number of rotatable bonds is 7. The van der Waals surface area contributed by atoms with E-state index in [-0.39, 0.29) is 6.10 Å². The summed E-state index contributed by atoms with van der Waals surface area (Å²) in [5.74, 6) is -0.699. The van der Waals surface area contributed by atoms with Crippen molar-refractivity contribution >= 4 is 5.97 Å². The van der Waals surface area contributed by atoms with Gasteiger partial charge in [-0.15, -0.1) is 0 Å². The second-order valence-electron chi connectivity index (χ2n) is 3.96. The fourth-order valence-electron chi connectivity index (χ4n) is 1.50. The smallest absolute Gasteiger partial charge is 0.309 e. The third-order valence-electron chi connectivity index (χ3n) is 2.84. The quantitative estimate of drug-likeness (QED) is 0.690. The molecule has 1 N–H and O–H groups in total. The van der Waals surface area contributed by atoms with Crippen LogP contribution in [0.15, 0.2) is 0 Å². The maximum Gasteiger partial charge on any atom is 0.309 e. The molecule has 0 saturated heterocycles. The molecular weight excluding hydrogens is 180 g/mol. The van der Waals surface area contributed by atoms with Gasteiger partial charge in [0.15, 0.2) is 0 Å². The first-order chi connectivity index (χ1) is 6.48. The molecule has 0 saturated carbocycles. The lowest BCUT2D eigenvalue weighted by Gasteiger charge is -2.26. The van der Waals surface area contributed by atoms with Gasteiger partial charge in [-0.3, -0.25) is 4.79 Å². The Kier molecular flexibility index (Phi) is 5.77. The molecule has 0 fully saturated rings. The fraction of sp³-hybridized carbons (Fsp3) is 0.909. The minimum absolute atomic E-state index is 0.176. The largest absolute Gasteiger partial charge is 0.481 e. The zero-order valence-corrected chi connectivity index (χ0v) is 9.67. The van der Waals surface area contributed by atoms with E-state index in [0.717, 1.165) is 0 Å². The summed E-state index contributed by atoms with van der Waals surface area (Å²) in [7, 11) is 0. The van der Waals surface area contributed by atoms with E-state index in [4.69, 9.17) is 9.84 Å². The molecule has 3 heteroatoms. The summed E-state index contributed by atoms with van der Waals surface area (Å²) < 4.78 is 5.39. The van der Waals surface area contributed by atoms with E-state index in [1.165, 1.54) is 0 Å². The SMILES string of the molecule is CCC(CC)(CCOC(C)C)C(=O)O. The maximum atomic E-state index is 11.1. The topological polar surface area (TPSA) is 46.5 Å². The first-order valence-corrected chi connectivity index (χ1v) is 5.33. The first-order valence-electron chi connectivity index (χ1n) is 5.33. The van der Waals surface area contributed by atoms with Crippen molar-refractivity contribution in [2.24, 2.45) is 5.41 Å². The van der Waals surface area contributed by atoms with Crippen LogP contribution in [-0.2, 0) is 9.53 Å². The summed E-state index contributed by atoms with van der Waals surface area (Å²) in [6.07, 6.45) is 2.11. The molecule has 0 rings (SSSR count). The monoisotopic (exact) mass is 202 g/mol. The Balaban J connectivity index is 4.16. The molecule has 0 aliphatic rings. The molecule has 0 aromatic carbocycles. The van der Waals surface area contributed by atoms with Crippen LogP contribution in [0, 0.1) is 5.41 Å². The lowest BCUT2D eigenvalue weighted by Crippen LogP contribution is -2.31. The minimum Gasteiger partial charge on any atom is -0.481 e. The van der Waals surface area contributed by atoms with Gasteiger partial charge in [-0.2, -0.15) is 0 Å². The van der Waals surface area contributed by atoms with Gasteiger partial charge in [-0.25, -0.2) is 0 Å². The van der Waals surface area contributed by atoms with Crippen LogP contribution in [-0.4, -0.2) is 23.8 Å². The van der Waals surface area contributed by atoms with E-state index in [2.05, 4.69) is 0 Å². The summed E-state index contributed by atoms with van der Waals surface area (Å²) in [6.45, 7) is 8.30. The fourth-order valence-corrected chi connectivity index (χ4v) is 1.50. The highest BCUT2D eigenvalue weighted by Crippen LogP contribution is 2.30. The molecule has 0 radical (unpaired) electrons. The Morgan fingerprint density at radius 2 is 1.86 bits per heavy atom. The molecule has 3 nitrogen and oxygen atoms in total. The van der Waals surface area contributed by atoms with E-state index < -0.39 is 11.4 Å². The van der Waals surface area contributed by atoms with Crippen molar-refractivity contribution in [2.75, 3.05) is 6.61 Å². The van der Waals surface area contributed by atoms with Crippen LogP contribution in [0.25, 0.3) is 0 Å². The Morgan fingerprint density at radius 3 is 2.14 bits per heavy atom. The summed E-state index contributed by atoms with van der Waals surface area (Å²) in [5.41, 5.74) is -0.588.